The van der Waals surface area contributed by atoms with Crippen LogP contribution in [-0.2, 0) is 9.47 Å². The van der Waals surface area contributed by atoms with Crippen molar-refractivity contribution in [1.82, 2.24) is 0 Å². The van der Waals surface area contributed by atoms with Gasteiger partial charge in [-0.05, 0) is 55.8 Å². The van der Waals surface area contributed by atoms with E-state index in [4.69, 9.17) is 9.47 Å². The highest BCUT2D eigenvalue weighted by atomic mass is 16.5. The molecule has 0 aromatic heterocycles. The van der Waals surface area contributed by atoms with Crippen molar-refractivity contribution in [3.8, 4) is 0 Å². The van der Waals surface area contributed by atoms with Gasteiger partial charge in [-0.1, -0.05) is 66.2 Å². The van der Waals surface area contributed by atoms with Gasteiger partial charge >= 0.3 is 0 Å². The summed E-state index contributed by atoms with van der Waals surface area (Å²) in [6.45, 7) is 11.3. The van der Waals surface area contributed by atoms with E-state index in [2.05, 4.69) is 27.7 Å². The molecule has 2 aliphatic rings. The quantitative estimate of drug-likeness (QED) is 0.411. The predicted molar refractivity (Wildman–Crippen MR) is 107 cm³/mol. The van der Waals surface area contributed by atoms with Crippen molar-refractivity contribution in [1.29, 1.82) is 0 Å². The van der Waals surface area contributed by atoms with Gasteiger partial charge in [-0.15, -0.1) is 0 Å². The molecule has 0 N–H and O–H groups in total. The molecule has 0 aliphatic heterocycles. The van der Waals surface area contributed by atoms with Gasteiger partial charge < -0.3 is 9.47 Å². The summed E-state index contributed by atoms with van der Waals surface area (Å²) < 4.78 is 12.6. The van der Waals surface area contributed by atoms with Crippen LogP contribution < -0.4 is 0 Å². The van der Waals surface area contributed by atoms with Gasteiger partial charge in [-0.25, -0.2) is 0 Å². The van der Waals surface area contributed by atoms with Crippen LogP contribution in [0.1, 0.15) is 98.3 Å². The van der Waals surface area contributed by atoms with Gasteiger partial charge in [0.15, 0.2) is 0 Å². The molecule has 148 valence electrons. The molecule has 0 aromatic carbocycles. The van der Waals surface area contributed by atoms with E-state index in [0.717, 1.165) is 25.0 Å². The Morgan fingerprint density at radius 3 is 1.88 bits per heavy atom. The molecule has 2 nitrogen and oxygen atoms in total. The normalized spacial score (nSPS) is 36.5. The van der Waals surface area contributed by atoms with Gasteiger partial charge in [-0.2, -0.15) is 0 Å². The van der Waals surface area contributed by atoms with Gasteiger partial charge in [0.25, 0.3) is 0 Å². The molecule has 0 aromatic rings. The summed E-state index contributed by atoms with van der Waals surface area (Å²) in [6, 6.07) is 0. The highest BCUT2D eigenvalue weighted by Gasteiger charge is 2.35. The zero-order chi connectivity index (χ0) is 18.1. The number of rotatable bonds is 10. The van der Waals surface area contributed by atoms with Crippen molar-refractivity contribution in [3.63, 3.8) is 0 Å². The summed E-state index contributed by atoms with van der Waals surface area (Å²) in [6.07, 6.45) is 15.5. The van der Waals surface area contributed by atoms with Crippen molar-refractivity contribution in [2.24, 2.45) is 23.7 Å². The Morgan fingerprint density at radius 2 is 1.28 bits per heavy atom. The minimum Gasteiger partial charge on any atom is -0.378 e. The molecule has 0 bridgehead atoms. The first-order valence-electron chi connectivity index (χ1n) is 11.4. The smallest absolute Gasteiger partial charge is 0.0605 e. The molecule has 0 heterocycles. The first-order valence-corrected chi connectivity index (χ1v) is 11.4. The number of ether oxygens (including phenoxy) is 2. The van der Waals surface area contributed by atoms with E-state index in [1.165, 1.54) is 70.6 Å². The van der Waals surface area contributed by atoms with Crippen LogP contribution in [0, 0.1) is 23.7 Å². The molecule has 25 heavy (non-hydrogen) atoms. The van der Waals surface area contributed by atoms with E-state index in [1.807, 2.05) is 0 Å². The van der Waals surface area contributed by atoms with Crippen LogP contribution >= 0.6 is 0 Å². The number of unbranched alkanes of at least 4 members (excludes halogenated alkanes) is 3. The zero-order valence-corrected chi connectivity index (χ0v) is 17.5. The average Bonchev–Trinajstić information content (AvgIpc) is 2.64. The summed E-state index contributed by atoms with van der Waals surface area (Å²) in [4.78, 5) is 0. The molecule has 2 fully saturated rings. The lowest BCUT2D eigenvalue weighted by Crippen LogP contribution is -2.41. The lowest BCUT2D eigenvalue weighted by atomic mass is 9.77. The molecular formula is C23H44O2. The Labute approximate surface area is 157 Å². The van der Waals surface area contributed by atoms with Gasteiger partial charge in [0.2, 0.25) is 0 Å². The van der Waals surface area contributed by atoms with Crippen LogP contribution in [0.25, 0.3) is 0 Å². The lowest BCUT2D eigenvalue weighted by molar-refractivity contribution is -0.0993. The fourth-order valence-corrected chi connectivity index (χ4v) is 4.83. The topological polar surface area (TPSA) is 18.5 Å². The molecule has 0 saturated heterocycles. The Balaban J connectivity index is 1.64. The largest absolute Gasteiger partial charge is 0.378 e. The zero-order valence-electron chi connectivity index (χ0n) is 17.5. The average molecular weight is 353 g/mol. The summed E-state index contributed by atoms with van der Waals surface area (Å²) in [5.74, 6) is 3.06. The Hall–Kier alpha value is -0.0800. The van der Waals surface area contributed by atoms with Crippen molar-refractivity contribution in [2.75, 3.05) is 13.2 Å². The van der Waals surface area contributed by atoms with Crippen LogP contribution in [0.5, 0.6) is 0 Å². The van der Waals surface area contributed by atoms with Crippen LogP contribution in [0.3, 0.4) is 0 Å². The van der Waals surface area contributed by atoms with E-state index in [0.29, 0.717) is 24.0 Å². The maximum Gasteiger partial charge on any atom is 0.0605 e. The van der Waals surface area contributed by atoms with Crippen LogP contribution in [-0.4, -0.2) is 25.4 Å². The van der Waals surface area contributed by atoms with E-state index >= 15 is 0 Å². The third kappa shape index (κ3) is 6.86. The molecule has 0 radical (unpaired) electrons. The fraction of sp³-hybridized carbons (Fsp3) is 1.00. The van der Waals surface area contributed by atoms with Crippen LogP contribution in [0.15, 0.2) is 0 Å². The number of hydrogen-bond donors (Lipinski definition) is 0. The highest BCUT2D eigenvalue weighted by molar-refractivity contribution is 4.85. The Kier molecular flexibility index (Phi) is 9.84. The predicted octanol–water partition coefficient (Wildman–Crippen LogP) is 6.62. The molecule has 2 heteroatoms. The molecular weight excluding hydrogens is 308 g/mol. The van der Waals surface area contributed by atoms with Crippen LogP contribution in [0.2, 0.25) is 0 Å². The number of hydrogen-bond acceptors (Lipinski definition) is 2. The maximum absolute atomic E-state index is 6.42. The second kappa shape index (κ2) is 11.6. The Morgan fingerprint density at radius 1 is 0.680 bits per heavy atom. The second-order valence-electron chi connectivity index (χ2n) is 8.93. The van der Waals surface area contributed by atoms with Gasteiger partial charge in [0.05, 0.1) is 12.2 Å². The molecule has 4 unspecified atom stereocenters. The lowest BCUT2D eigenvalue weighted by Gasteiger charge is -2.40. The second-order valence-corrected chi connectivity index (χ2v) is 8.93. The van der Waals surface area contributed by atoms with E-state index in [9.17, 15) is 0 Å². The van der Waals surface area contributed by atoms with Crippen molar-refractivity contribution in [2.45, 2.75) is 111 Å². The van der Waals surface area contributed by atoms with Crippen molar-refractivity contribution >= 4 is 0 Å². The molecule has 2 rings (SSSR count). The Bertz CT molecular complexity index is 335. The third-order valence-electron chi connectivity index (χ3n) is 7.16. The molecule has 2 saturated carbocycles. The standard InChI is InChI=1S/C23H44O2/c1-5-7-8-9-16-24-22-14-15-23(19(4)18(22)3)25-17-21-12-10-20(6-2)11-13-21/h18-23H,5-17H2,1-4H3. The minimum atomic E-state index is 0.455. The van der Waals surface area contributed by atoms with Crippen molar-refractivity contribution in [3.05, 3.63) is 0 Å². The summed E-state index contributed by atoms with van der Waals surface area (Å²) in [5, 5.41) is 0. The minimum absolute atomic E-state index is 0.455. The van der Waals surface area contributed by atoms with Gasteiger partial charge in [0.1, 0.15) is 0 Å². The monoisotopic (exact) mass is 352 g/mol. The molecule has 0 amide bonds. The van der Waals surface area contributed by atoms with Crippen LogP contribution in [0.4, 0.5) is 0 Å². The van der Waals surface area contributed by atoms with E-state index < -0.39 is 0 Å². The van der Waals surface area contributed by atoms with Crippen molar-refractivity contribution < 1.29 is 9.47 Å². The molecule has 0 spiro atoms. The first-order chi connectivity index (χ1) is 12.2. The molecule has 2 aliphatic carbocycles. The fourth-order valence-electron chi connectivity index (χ4n) is 4.83. The van der Waals surface area contributed by atoms with Gasteiger partial charge in [0, 0.05) is 13.2 Å². The maximum atomic E-state index is 6.42. The van der Waals surface area contributed by atoms with E-state index in [1.54, 1.807) is 0 Å². The molecule has 4 atom stereocenters. The third-order valence-corrected chi connectivity index (χ3v) is 7.16. The summed E-state index contributed by atoms with van der Waals surface area (Å²) in [7, 11) is 0. The first kappa shape index (κ1) is 21.2. The van der Waals surface area contributed by atoms with E-state index in [-0.39, 0.29) is 0 Å². The summed E-state index contributed by atoms with van der Waals surface area (Å²) in [5.41, 5.74) is 0. The van der Waals surface area contributed by atoms with Gasteiger partial charge in [-0.3, -0.25) is 0 Å². The summed E-state index contributed by atoms with van der Waals surface area (Å²) >= 11 is 0. The highest BCUT2D eigenvalue weighted by Crippen LogP contribution is 2.36. The SMILES string of the molecule is CCCCCCOC1CCC(OCC2CCC(CC)CC2)C(C)C1C.